The van der Waals surface area contributed by atoms with Gasteiger partial charge < -0.3 is 4.90 Å². The molecule has 2 heterocycles. The lowest BCUT2D eigenvalue weighted by atomic mass is 10.1. The van der Waals surface area contributed by atoms with Crippen LogP contribution in [-0.2, 0) is 14.8 Å². The largest absolute Gasteiger partial charge is 0.340 e. The van der Waals surface area contributed by atoms with Gasteiger partial charge in [0.15, 0.2) is 0 Å². The summed E-state index contributed by atoms with van der Waals surface area (Å²) in [4.78, 5) is 14.7. The van der Waals surface area contributed by atoms with Crippen LogP contribution in [-0.4, -0.2) is 49.7 Å². The van der Waals surface area contributed by atoms with Crippen molar-refractivity contribution in [1.82, 2.24) is 9.21 Å². The molecule has 1 aliphatic heterocycles. The second-order valence-electron chi connectivity index (χ2n) is 7.86. The minimum absolute atomic E-state index is 0.00309. The van der Waals surface area contributed by atoms with Gasteiger partial charge in [0, 0.05) is 26.2 Å². The molecule has 0 spiro atoms. The number of rotatable bonds is 4. The van der Waals surface area contributed by atoms with E-state index in [2.05, 4.69) is 33.8 Å². The Bertz CT molecular complexity index is 832. The molecule has 0 radical (unpaired) electrons. The Morgan fingerprint density at radius 2 is 1.85 bits per heavy atom. The maximum Gasteiger partial charge on any atom is 0.252 e. The zero-order valence-corrected chi connectivity index (χ0v) is 17.9. The van der Waals surface area contributed by atoms with E-state index in [1.54, 1.807) is 6.07 Å². The van der Waals surface area contributed by atoms with Crippen LogP contribution < -0.4 is 0 Å². The van der Waals surface area contributed by atoms with Crippen molar-refractivity contribution < 1.29 is 13.2 Å². The molecular weight excluding hydrogens is 392 g/mol. The number of halogens is 1. The van der Waals surface area contributed by atoms with Gasteiger partial charge in [0.05, 0.1) is 10.3 Å². The summed E-state index contributed by atoms with van der Waals surface area (Å²) in [6.45, 7) is 9.87. The molecule has 1 aromatic heterocycles. The van der Waals surface area contributed by atoms with Crippen molar-refractivity contribution in [2.24, 2.45) is 17.3 Å². The molecule has 2 atom stereocenters. The number of carbonyl (C=O) groups is 1. The first-order chi connectivity index (χ1) is 12.0. The van der Waals surface area contributed by atoms with Crippen molar-refractivity contribution in [3.63, 3.8) is 0 Å². The summed E-state index contributed by atoms with van der Waals surface area (Å²) in [5.41, 5.74) is 1.20. The van der Waals surface area contributed by atoms with Gasteiger partial charge in [-0.15, -0.1) is 11.3 Å². The molecule has 0 bridgehead atoms. The van der Waals surface area contributed by atoms with Crippen LogP contribution in [0, 0.1) is 17.3 Å². The Kier molecular flexibility index (Phi) is 5.29. The number of allylic oxidation sites excluding steroid dienone is 2. The third-order valence-electron chi connectivity index (χ3n) is 5.38. The summed E-state index contributed by atoms with van der Waals surface area (Å²) in [5.74, 6) is 0.417. The van der Waals surface area contributed by atoms with Crippen molar-refractivity contribution in [1.29, 1.82) is 0 Å². The van der Waals surface area contributed by atoms with Crippen LogP contribution in [0.2, 0.25) is 4.34 Å². The van der Waals surface area contributed by atoms with Gasteiger partial charge in [-0.05, 0) is 37.3 Å². The number of hydrogen-bond donors (Lipinski definition) is 0. The molecule has 1 amide bonds. The molecule has 0 N–H and O–H groups in total. The maximum atomic E-state index is 12.9. The van der Waals surface area contributed by atoms with Gasteiger partial charge >= 0.3 is 0 Å². The third-order valence-corrected chi connectivity index (χ3v) is 8.98. The molecule has 5 nitrogen and oxygen atoms in total. The van der Waals surface area contributed by atoms with Gasteiger partial charge in [-0.2, -0.15) is 4.31 Å². The van der Waals surface area contributed by atoms with Crippen LogP contribution in [0.15, 0.2) is 28.0 Å². The first-order valence-corrected chi connectivity index (χ1v) is 11.4. The molecule has 144 valence electrons. The van der Waals surface area contributed by atoms with E-state index < -0.39 is 10.0 Å². The standard InChI is InChI=1S/C18H25ClN2O3S2/c1-12(2)11-13-16(18(13,3)4)17(22)20-7-9-21(10-8-20)26(23,24)15-6-5-14(19)25-15/h5-6,11,13,16H,7-10H2,1-4H3/t13-,16+/m1/s1. The Hall–Kier alpha value is -0.890. The Morgan fingerprint density at radius 1 is 1.23 bits per heavy atom. The summed E-state index contributed by atoms with van der Waals surface area (Å²) in [7, 11) is -3.52. The summed E-state index contributed by atoms with van der Waals surface area (Å²) in [5, 5.41) is 0. The topological polar surface area (TPSA) is 57.7 Å². The second-order valence-corrected chi connectivity index (χ2v) is 11.7. The summed E-state index contributed by atoms with van der Waals surface area (Å²) in [6.07, 6.45) is 2.18. The number of amides is 1. The number of nitrogens with zero attached hydrogens (tertiary/aromatic N) is 2. The SMILES string of the molecule is CC(C)=C[C@@H]1[C@@H](C(=O)N2CCN(S(=O)(=O)c3ccc(Cl)s3)CC2)C1(C)C. The molecule has 1 saturated heterocycles. The highest BCUT2D eigenvalue weighted by molar-refractivity contribution is 7.91. The fourth-order valence-electron chi connectivity index (χ4n) is 3.73. The lowest BCUT2D eigenvalue weighted by Crippen LogP contribution is -2.51. The molecule has 1 aromatic rings. The molecule has 0 aromatic carbocycles. The van der Waals surface area contributed by atoms with Crippen LogP contribution in [0.4, 0.5) is 0 Å². The summed E-state index contributed by atoms with van der Waals surface area (Å²) in [6, 6.07) is 3.13. The summed E-state index contributed by atoms with van der Waals surface area (Å²) < 4.78 is 27.5. The Labute approximate surface area is 164 Å². The number of piperazine rings is 1. The first kappa shape index (κ1) is 19.9. The average molecular weight is 417 g/mol. The number of sulfonamides is 1. The predicted molar refractivity (Wildman–Crippen MR) is 105 cm³/mol. The van der Waals surface area contributed by atoms with Crippen molar-refractivity contribution in [2.75, 3.05) is 26.2 Å². The predicted octanol–water partition coefficient (Wildman–Crippen LogP) is 3.47. The van der Waals surface area contributed by atoms with Gasteiger partial charge in [-0.25, -0.2) is 8.42 Å². The fourth-order valence-corrected chi connectivity index (χ4v) is 6.79. The van der Waals surface area contributed by atoms with E-state index in [9.17, 15) is 13.2 Å². The number of carbonyl (C=O) groups excluding carboxylic acids is 1. The Balaban J connectivity index is 1.64. The van der Waals surface area contributed by atoms with Crippen molar-refractivity contribution >= 4 is 38.9 Å². The molecule has 8 heteroatoms. The summed E-state index contributed by atoms with van der Waals surface area (Å²) >= 11 is 6.93. The van der Waals surface area contributed by atoms with Crippen molar-refractivity contribution in [3.05, 3.63) is 28.1 Å². The van der Waals surface area contributed by atoms with Crippen LogP contribution in [0.5, 0.6) is 0 Å². The minimum Gasteiger partial charge on any atom is -0.340 e. The molecule has 0 unspecified atom stereocenters. The number of thiophene rings is 1. The molecule has 2 fully saturated rings. The number of hydrogen-bond acceptors (Lipinski definition) is 4. The smallest absolute Gasteiger partial charge is 0.252 e. The highest BCUT2D eigenvalue weighted by Crippen LogP contribution is 2.60. The lowest BCUT2D eigenvalue weighted by Gasteiger charge is -2.34. The van der Waals surface area contributed by atoms with Crippen LogP contribution in [0.3, 0.4) is 0 Å². The van der Waals surface area contributed by atoms with Gasteiger partial charge in [0.2, 0.25) is 5.91 Å². The van der Waals surface area contributed by atoms with Gasteiger partial charge in [-0.1, -0.05) is 37.1 Å². The highest BCUT2D eigenvalue weighted by atomic mass is 35.5. The van der Waals surface area contributed by atoms with E-state index in [0.29, 0.717) is 30.5 Å². The first-order valence-electron chi connectivity index (χ1n) is 8.74. The lowest BCUT2D eigenvalue weighted by molar-refractivity contribution is -0.134. The monoisotopic (exact) mass is 416 g/mol. The molecule has 2 aliphatic rings. The van der Waals surface area contributed by atoms with Crippen LogP contribution in [0.1, 0.15) is 27.7 Å². The van der Waals surface area contributed by atoms with Gasteiger partial charge in [0.25, 0.3) is 10.0 Å². The van der Waals surface area contributed by atoms with E-state index in [4.69, 9.17) is 11.6 Å². The van der Waals surface area contributed by atoms with E-state index in [-0.39, 0.29) is 27.4 Å². The van der Waals surface area contributed by atoms with Gasteiger partial charge in [-0.3, -0.25) is 4.79 Å². The van der Waals surface area contributed by atoms with E-state index in [1.165, 1.54) is 15.9 Å². The second kappa shape index (κ2) is 6.93. The molecule has 1 saturated carbocycles. The molecule has 1 aliphatic carbocycles. The van der Waals surface area contributed by atoms with Crippen molar-refractivity contribution in [2.45, 2.75) is 31.9 Å². The molecule has 26 heavy (non-hydrogen) atoms. The van der Waals surface area contributed by atoms with Crippen LogP contribution in [0.25, 0.3) is 0 Å². The zero-order valence-electron chi connectivity index (χ0n) is 15.5. The third kappa shape index (κ3) is 3.59. The fraction of sp³-hybridized carbons (Fsp3) is 0.611. The highest BCUT2D eigenvalue weighted by Gasteiger charge is 2.61. The van der Waals surface area contributed by atoms with Crippen LogP contribution >= 0.6 is 22.9 Å². The van der Waals surface area contributed by atoms with Crippen molar-refractivity contribution in [3.8, 4) is 0 Å². The zero-order chi connectivity index (χ0) is 19.3. The van der Waals surface area contributed by atoms with E-state index in [0.717, 1.165) is 11.3 Å². The molecular formula is C18H25ClN2O3S2. The maximum absolute atomic E-state index is 12.9. The minimum atomic E-state index is -3.52. The van der Waals surface area contributed by atoms with Gasteiger partial charge in [0.1, 0.15) is 4.21 Å². The van der Waals surface area contributed by atoms with E-state index >= 15 is 0 Å². The Morgan fingerprint density at radius 3 is 2.35 bits per heavy atom. The quantitative estimate of drug-likeness (QED) is 0.706. The molecule has 3 rings (SSSR count). The van der Waals surface area contributed by atoms with E-state index in [1.807, 2.05) is 4.90 Å². The average Bonchev–Trinajstić information content (AvgIpc) is 2.90. The normalized spacial score (nSPS) is 25.8.